The van der Waals surface area contributed by atoms with Crippen molar-refractivity contribution in [1.29, 1.82) is 0 Å². The van der Waals surface area contributed by atoms with Crippen LogP contribution in [-0.4, -0.2) is 18.3 Å². The van der Waals surface area contributed by atoms with Gasteiger partial charge in [-0.3, -0.25) is 9.59 Å². The third-order valence-electron chi connectivity index (χ3n) is 2.89. The molecule has 0 heterocycles. The number of anilines is 1. The predicted octanol–water partition coefficient (Wildman–Crippen LogP) is 3.27. The number of carbonyl (C=O) groups excluding carboxylic acids is 2. The Balaban J connectivity index is 2.13. The number of amides is 1. The van der Waals surface area contributed by atoms with Gasteiger partial charge in [0.05, 0.1) is 6.61 Å². The highest BCUT2D eigenvalue weighted by atomic mass is 16.5. The molecule has 2 rings (SSSR count). The Kier molecular flexibility index (Phi) is 4.72. The quantitative estimate of drug-likeness (QED) is 0.857. The molecule has 0 unspecified atom stereocenters. The van der Waals surface area contributed by atoms with Crippen molar-refractivity contribution in [3.63, 3.8) is 0 Å². The predicted molar refractivity (Wildman–Crippen MR) is 81.8 cm³/mol. The first-order valence-corrected chi connectivity index (χ1v) is 6.75. The minimum absolute atomic E-state index is 0.0626. The highest BCUT2D eigenvalue weighted by Gasteiger charge is 2.09. The van der Waals surface area contributed by atoms with Crippen LogP contribution in [0.15, 0.2) is 48.5 Å². The van der Waals surface area contributed by atoms with Crippen LogP contribution in [0.4, 0.5) is 5.69 Å². The number of carbonyl (C=O) groups is 2. The second-order valence-corrected chi connectivity index (χ2v) is 4.55. The standard InChI is InChI=1S/C17H17NO3/c1-3-21-16-10-6-14(7-11-16)17(20)13-4-8-15(9-5-13)18-12(2)19/h4-11H,3H2,1-2H3,(H,18,19). The number of hydrogen-bond donors (Lipinski definition) is 1. The zero-order valence-electron chi connectivity index (χ0n) is 12.1. The molecule has 0 fully saturated rings. The van der Waals surface area contributed by atoms with Crippen LogP contribution in [0.2, 0.25) is 0 Å². The lowest BCUT2D eigenvalue weighted by Gasteiger charge is -2.06. The SMILES string of the molecule is CCOc1ccc(C(=O)c2ccc(NC(C)=O)cc2)cc1. The molecular weight excluding hydrogens is 266 g/mol. The number of rotatable bonds is 5. The summed E-state index contributed by atoms with van der Waals surface area (Å²) in [6, 6.07) is 13.9. The Morgan fingerprint density at radius 1 is 0.952 bits per heavy atom. The Bertz CT molecular complexity index is 630. The Morgan fingerprint density at radius 3 is 1.95 bits per heavy atom. The van der Waals surface area contributed by atoms with Crippen molar-refractivity contribution < 1.29 is 14.3 Å². The lowest BCUT2D eigenvalue weighted by molar-refractivity contribution is -0.114. The molecule has 0 aliphatic rings. The summed E-state index contributed by atoms with van der Waals surface area (Å²) in [6.07, 6.45) is 0. The molecule has 1 amide bonds. The van der Waals surface area contributed by atoms with Gasteiger partial charge in [0.25, 0.3) is 0 Å². The van der Waals surface area contributed by atoms with E-state index in [4.69, 9.17) is 4.74 Å². The van der Waals surface area contributed by atoms with E-state index in [0.717, 1.165) is 5.75 Å². The van der Waals surface area contributed by atoms with E-state index < -0.39 is 0 Å². The summed E-state index contributed by atoms with van der Waals surface area (Å²) in [7, 11) is 0. The van der Waals surface area contributed by atoms with E-state index in [9.17, 15) is 9.59 Å². The number of ketones is 1. The van der Waals surface area contributed by atoms with Crippen molar-refractivity contribution in [2.24, 2.45) is 0 Å². The van der Waals surface area contributed by atoms with Crippen LogP contribution in [0, 0.1) is 0 Å². The second-order valence-electron chi connectivity index (χ2n) is 4.55. The molecule has 1 N–H and O–H groups in total. The first-order valence-electron chi connectivity index (χ1n) is 6.75. The van der Waals surface area contributed by atoms with E-state index in [1.807, 2.05) is 6.92 Å². The van der Waals surface area contributed by atoms with Gasteiger partial charge in [0.2, 0.25) is 5.91 Å². The van der Waals surface area contributed by atoms with E-state index in [1.165, 1.54) is 6.92 Å². The molecule has 4 nitrogen and oxygen atoms in total. The first-order chi connectivity index (χ1) is 10.1. The van der Waals surface area contributed by atoms with Gasteiger partial charge in [-0.15, -0.1) is 0 Å². The van der Waals surface area contributed by atoms with Gasteiger partial charge in [-0.25, -0.2) is 0 Å². The van der Waals surface area contributed by atoms with Gasteiger partial charge in [-0.05, 0) is 55.5 Å². The fraction of sp³-hybridized carbons (Fsp3) is 0.176. The van der Waals surface area contributed by atoms with Gasteiger partial charge < -0.3 is 10.1 Å². The zero-order valence-corrected chi connectivity index (χ0v) is 12.1. The van der Waals surface area contributed by atoms with Crippen LogP contribution in [0.3, 0.4) is 0 Å². The average Bonchev–Trinajstić information content (AvgIpc) is 2.48. The Labute approximate surface area is 123 Å². The van der Waals surface area contributed by atoms with Crippen LogP contribution < -0.4 is 10.1 Å². The van der Waals surface area contributed by atoms with Crippen molar-refractivity contribution >= 4 is 17.4 Å². The summed E-state index contributed by atoms with van der Waals surface area (Å²) in [5.74, 6) is 0.545. The third-order valence-corrected chi connectivity index (χ3v) is 2.89. The Hall–Kier alpha value is -2.62. The van der Waals surface area contributed by atoms with Gasteiger partial charge in [0, 0.05) is 23.7 Å². The number of nitrogens with one attached hydrogen (secondary N) is 1. The molecule has 2 aromatic rings. The van der Waals surface area contributed by atoms with Crippen LogP contribution in [0.1, 0.15) is 29.8 Å². The van der Waals surface area contributed by atoms with Gasteiger partial charge >= 0.3 is 0 Å². The van der Waals surface area contributed by atoms with Gasteiger partial charge in [-0.2, -0.15) is 0 Å². The monoisotopic (exact) mass is 283 g/mol. The minimum Gasteiger partial charge on any atom is -0.494 e. The molecule has 0 bridgehead atoms. The number of ether oxygens (including phenoxy) is 1. The summed E-state index contributed by atoms with van der Waals surface area (Å²) in [4.78, 5) is 23.3. The lowest BCUT2D eigenvalue weighted by atomic mass is 10.0. The van der Waals surface area contributed by atoms with Crippen molar-refractivity contribution in [3.05, 3.63) is 59.7 Å². The zero-order chi connectivity index (χ0) is 15.2. The van der Waals surface area contributed by atoms with E-state index in [0.29, 0.717) is 23.4 Å². The molecule has 21 heavy (non-hydrogen) atoms. The smallest absolute Gasteiger partial charge is 0.221 e. The molecule has 2 aromatic carbocycles. The summed E-state index contributed by atoms with van der Waals surface area (Å²) in [5.41, 5.74) is 1.85. The highest BCUT2D eigenvalue weighted by Crippen LogP contribution is 2.17. The molecule has 0 aromatic heterocycles. The highest BCUT2D eigenvalue weighted by molar-refractivity contribution is 6.09. The Morgan fingerprint density at radius 2 is 1.48 bits per heavy atom. The second kappa shape index (κ2) is 6.70. The van der Waals surface area contributed by atoms with Crippen molar-refractivity contribution in [2.45, 2.75) is 13.8 Å². The molecule has 4 heteroatoms. The molecule has 0 saturated carbocycles. The van der Waals surface area contributed by atoms with Crippen LogP contribution >= 0.6 is 0 Å². The van der Waals surface area contributed by atoms with E-state index in [1.54, 1.807) is 48.5 Å². The molecular formula is C17H17NO3. The van der Waals surface area contributed by atoms with Gasteiger partial charge in [-0.1, -0.05) is 0 Å². The largest absolute Gasteiger partial charge is 0.494 e. The van der Waals surface area contributed by atoms with Gasteiger partial charge in [0.15, 0.2) is 5.78 Å². The summed E-state index contributed by atoms with van der Waals surface area (Å²) in [6.45, 7) is 3.95. The summed E-state index contributed by atoms with van der Waals surface area (Å²) in [5, 5.41) is 2.67. The normalized spacial score (nSPS) is 10.0. The maximum absolute atomic E-state index is 12.3. The van der Waals surface area contributed by atoms with Crippen LogP contribution in [0.5, 0.6) is 5.75 Å². The molecule has 0 spiro atoms. The molecule has 0 atom stereocenters. The topological polar surface area (TPSA) is 55.4 Å². The summed E-state index contributed by atoms with van der Waals surface area (Å²) >= 11 is 0. The molecule has 108 valence electrons. The van der Waals surface area contributed by atoms with Crippen LogP contribution in [-0.2, 0) is 4.79 Å². The third kappa shape index (κ3) is 3.92. The fourth-order valence-corrected chi connectivity index (χ4v) is 1.94. The van der Waals surface area contributed by atoms with Crippen LogP contribution in [0.25, 0.3) is 0 Å². The molecule has 0 saturated heterocycles. The number of benzene rings is 2. The maximum Gasteiger partial charge on any atom is 0.221 e. The van der Waals surface area contributed by atoms with E-state index in [-0.39, 0.29) is 11.7 Å². The number of hydrogen-bond acceptors (Lipinski definition) is 3. The lowest BCUT2D eigenvalue weighted by Crippen LogP contribution is -2.06. The molecule has 0 aliphatic heterocycles. The maximum atomic E-state index is 12.3. The molecule has 0 radical (unpaired) electrons. The average molecular weight is 283 g/mol. The van der Waals surface area contributed by atoms with Crippen molar-refractivity contribution in [2.75, 3.05) is 11.9 Å². The summed E-state index contributed by atoms with van der Waals surface area (Å²) < 4.78 is 5.35. The first kappa shape index (κ1) is 14.8. The van der Waals surface area contributed by atoms with E-state index >= 15 is 0 Å². The van der Waals surface area contributed by atoms with E-state index in [2.05, 4.69) is 5.32 Å². The molecule has 0 aliphatic carbocycles. The van der Waals surface area contributed by atoms with Crippen molar-refractivity contribution in [3.8, 4) is 5.75 Å². The van der Waals surface area contributed by atoms with Crippen molar-refractivity contribution in [1.82, 2.24) is 0 Å². The minimum atomic E-state index is -0.138. The van der Waals surface area contributed by atoms with Gasteiger partial charge in [0.1, 0.15) is 5.75 Å². The fourth-order valence-electron chi connectivity index (χ4n) is 1.94.